The maximum absolute atomic E-state index is 11.4. The Kier molecular flexibility index (Phi) is 19.6. The third kappa shape index (κ3) is 14.2. The van der Waals surface area contributed by atoms with Crippen LogP contribution in [0.3, 0.4) is 0 Å². The number of aromatic nitrogens is 3. The number of hydrogen-bond acceptors (Lipinski definition) is 21. The van der Waals surface area contributed by atoms with Crippen LogP contribution >= 0.6 is 12.0 Å². The summed E-state index contributed by atoms with van der Waals surface area (Å²) in [5.41, 5.74) is 2.32. The number of methoxy groups -OCH3 is 2. The minimum absolute atomic E-state index is 0. The molecule has 0 unspecified atom stereocenters. The molecule has 4 aromatic carbocycles. The zero-order valence-corrected chi connectivity index (χ0v) is 36.6. The van der Waals surface area contributed by atoms with Gasteiger partial charge in [0.1, 0.15) is 21.6 Å². The summed E-state index contributed by atoms with van der Waals surface area (Å²) in [6, 6.07) is 21.7. The Labute approximate surface area is 375 Å². The van der Waals surface area contributed by atoms with Gasteiger partial charge in [0, 0.05) is 30.1 Å². The Balaban J connectivity index is 0.00000435. The molecule has 0 aliphatic rings. The number of nitrogens with one attached hydrogen (secondary N) is 2. The van der Waals surface area contributed by atoms with E-state index in [1.165, 1.54) is 32.4 Å². The SMILES string of the molecule is COc1cc(N=Nc2cccc(SOO[O-])c2)ccc1Nc1nc(Nc2ccc(N=Nc3cccc(S(=O)(=O)[O-])c3)cc2OC)nc(N(CCO)CCO)n1.[Na+].[Na+]. The fourth-order valence-electron chi connectivity index (χ4n) is 4.69. The van der Waals surface area contributed by atoms with Crippen molar-refractivity contribution in [1.82, 2.24) is 15.0 Å². The molecule has 0 aliphatic carbocycles. The van der Waals surface area contributed by atoms with Crippen molar-refractivity contribution in [3.63, 3.8) is 0 Å². The van der Waals surface area contributed by atoms with Crippen LogP contribution < -0.4 is 89.4 Å². The summed E-state index contributed by atoms with van der Waals surface area (Å²) < 4.78 is 49.7. The first-order valence-corrected chi connectivity index (χ1v) is 18.0. The normalized spacial score (nSPS) is 11.2. The van der Waals surface area contributed by atoms with Gasteiger partial charge in [-0.2, -0.15) is 39.7 Å². The maximum Gasteiger partial charge on any atom is 1.00 e. The number of nitrogens with zero attached hydrogens (tertiary/aromatic N) is 8. The number of ether oxygens (including phenoxy) is 2. The van der Waals surface area contributed by atoms with Gasteiger partial charge in [0.25, 0.3) is 0 Å². The van der Waals surface area contributed by atoms with Gasteiger partial charge in [-0.3, -0.25) is 5.04 Å². The molecule has 0 atom stereocenters. The number of aliphatic hydroxyl groups is 2. The molecule has 24 heteroatoms. The van der Waals surface area contributed by atoms with E-state index in [2.05, 4.69) is 55.4 Å². The van der Waals surface area contributed by atoms with E-state index in [0.29, 0.717) is 44.8 Å². The molecular weight excluding hydrogens is 807 g/mol. The van der Waals surface area contributed by atoms with Crippen LogP contribution in [0.25, 0.3) is 0 Å². The molecular formula is C33H32N10Na2O10S2. The Hall–Kier alpha value is -3.85. The standard InChI is InChI=1S/C33H34N10O10S2.2Na/c1-50-29-19-23(41-39-21-5-3-7-25(17-21)54-53-52-46)9-11-27(29)34-31-36-32(38-33(37-31)43(13-15-44)14-16-45)35-28-12-10-24(20-30(28)51-2)42-40-22-6-4-8-26(18-22)55(47,48)49;;/h3-12,17-20,44-46H,13-16H2,1-2H3,(H,47,48,49)(H2,34,35,36,37,38);;/q;2*+1/p-2. The molecule has 4 N–H and O–H groups in total. The molecule has 0 saturated carbocycles. The zero-order chi connectivity index (χ0) is 39.2. The van der Waals surface area contributed by atoms with E-state index in [1.54, 1.807) is 65.6 Å². The Morgan fingerprint density at radius 1 is 0.719 bits per heavy atom. The molecule has 0 aliphatic heterocycles. The monoisotopic (exact) mass is 838 g/mol. The van der Waals surface area contributed by atoms with E-state index >= 15 is 0 Å². The van der Waals surface area contributed by atoms with Crippen molar-refractivity contribution in [2.24, 2.45) is 20.5 Å². The van der Waals surface area contributed by atoms with Crippen LogP contribution in [0.4, 0.5) is 52.0 Å². The number of anilines is 5. The number of benzene rings is 4. The van der Waals surface area contributed by atoms with Crippen LogP contribution in [0.2, 0.25) is 0 Å². The fourth-order valence-corrected chi connectivity index (χ4v) is 5.61. The molecule has 288 valence electrons. The summed E-state index contributed by atoms with van der Waals surface area (Å²) in [4.78, 5) is 15.3. The van der Waals surface area contributed by atoms with Crippen LogP contribution in [0.15, 0.2) is 115 Å². The predicted octanol–water partition coefficient (Wildman–Crippen LogP) is -0.859. The van der Waals surface area contributed by atoms with Crippen LogP contribution in [-0.2, 0) is 19.5 Å². The van der Waals surface area contributed by atoms with Crippen molar-refractivity contribution in [2.75, 3.05) is 56.1 Å². The topological polar surface area (TPSA) is 273 Å². The number of aliphatic hydroxyl groups excluding tert-OH is 2. The van der Waals surface area contributed by atoms with E-state index in [4.69, 9.17) is 9.47 Å². The largest absolute Gasteiger partial charge is 1.00 e. The third-order valence-electron chi connectivity index (χ3n) is 7.15. The summed E-state index contributed by atoms with van der Waals surface area (Å²) in [5, 5.41) is 55.8. The molecule has 0 radical (unpaired) electrons. The van der Waals surface area contributed by atoms with Crippen molar-refractivity contribution >= 4 is 74.1 Å². The van der Waals surface area contributed by atoms with Gasteiger partial charge in [0.15, 0.2) is 0 Å². The van der Waals surface area contributed by atoms with Crippen molar-refractivity contribution in [2.45, 2.75) is 9.79 Å². The summed E-state index contributed by atoms with van der Waals surface area (Å²) in [7, 11) is -1.76. The van der Waals surface area contributed by atoms with Crippen LogP contribution in [0.5, 0.6) is 11.5 Å². The third-order valence-corrected chi connectivity index (χ3v) is 8.55. The first kappa shape index (κ1) is 47.5. The second kappa shape index (κ2) is 23.5. The average molecular weight is 839 g/mol. The molecule has 0 amide bonds. The maximum atomic E-state index is 11.4. The molecule has 5 rings (SSSR count). The summed E-state index contributed by atoms with van der Waals surface area (Å²) in [6.07, 6.45) is 0. The Morgan fingerprint density at radius 2 is 1.21 bits per heavy atom. The molecule has 1 heterocycles. The molecule has 0 bridgehead atoms. The van der Waals surface area contributed by atoms with Gasteiger partial charge < -0.3 is 45.0 Å². The number of rotatable bonds is 19. The molecule has 0 spiro atoms. The Morgan fingerprint density at radius 3 is 1.68 bits per heavy atom. The second-order valence-corrected chi connectivity index (χ2v) is 13.0. The van der Waals surface area contributed by atoms with Crippen molar-refractivity contribution in [1.29, 1.82) is 0 Å². The summed E-state index contributed by atoms with van der Waals surface area (Å²) in [5.74, 6) is 0.952. The van der Waals surface area contributed by atoms with Gasteiger partial charge >= 0.3 is 59.1 Å². The van der Waals surface area contributed by atoms with E-state index < -0.39 is 15.0 Å². The Bertz CT molecular complexity index is 2260. The van der Waals surface area contributed by atoms with E-state index in [1.807, 2.05) is 0 Å². The number of azo groups is 2. The van der Waals surface area contributed by atoms with Crippen LogP contribution in [0.1, 0.15) is 0 Å². The fraction of sp³-hybridized carbons (Fsp3) is 0.182. The van der Waals surface area contributed by atoms with E-state index in [0.717, 1.165) is 18.1 Å². The van der Waals surface area contributed by atoms with Gasteiger partial charge in [-0.05, 0) is 60.7 Å². The van der Waals surface area contributed by atoms with Crippen molar-refractivity contribution in [3.05, 3.63) is 84.9 Å². The van der Waals surface area contributed by atoms with Crippen LogP contribution in [-0.4, -0.2) is 78.7 Å². The van der Waals surface area contributed by atoms with E-state index in [-0.39, 0.29) is 109 Å². The van der Waals surface area contributed by atoms with E-state index in [9.17, 15) is 28.4 Å². The van der Waals surface area contributed by atoms with Gasteiger partial charge in [-0.1, -0.05) is 12.1 Å². The minimum Gasteiger partial charge on any atom is -0.744 e. The van der Waals surface area contributed by atoms with Gasteiger partial charge in [-0.25, -0.2) is 8.42 Å². The number of hydrogen-bond donors (Lipinski definition) is 4. The second-order valence-electron chi connectivity index (χ2n) is 10.8. The molecule has 0 fully saturated rings. The van der Waals surface area contributed by atoms with Gasteiger partial charge in [-0.15, -0.1) is 0 Å². The summed E-state index contributed by atoms with van der Waals surface area (Å²) >= 11 is 0.730. The molecule has 5 aromatic rings. The zero-order valence-electron chi connectivity index (χ0n) is 31.0. The van der Waals surface area contributed by atoms with Crippen LogP contribution in [0, 0.1) is 0 Å². The van der Waals surface area contributed by atoms with Crippen molar-refractivity contribution in [3.8, 4) is 11.5 Å². The smallest absolute Gasteiger partial charge is 0.744 e. The molecule has 1 aromatic heterocycles. The van der Waals surface area contributed by atoms with Gasteiger partial charge in [0.2, 0.25) is 17.8 Å². The minimum atomic E-state index is -4.67. The molecule has 0 saturated heterocycles. The summed E-state index contributed by atoms with van der Waals surface area (Å²) in [6.45, 7) is -0.263. The molecule has 20 nitrogen and oxygen atoms in total. The molecule has 57 heavy (non-hydrogen) atoms. The van der Waals surface area contributed by atoms with Gasteiger partial charge in [0.05, 0.1) is 78.5 Å². The first-order valence-electron chi connectivity index (χ1n) is 15.9. The first-order chi connectivity index (χ1) is 26.6. The average Bonchev–Trinajstić information content (AvgIpc) is 3.19. The quantitative estimate of drug-likeness (QED) is 0.0197. The predicted molar refractivity (Wildman–Crippen MR) is 196 cm³/mol. The van der Waals surface area contributed by atoms with Crippen molar-refractivity contribution < 1.29 is 106 Å².